The zero-order valence-corrected chi connectivity index (χ0v) is 18.9. The van der Waals surface area contributed by atoms with Crippen LogP contribution in [0, 0.1) is 19.7 Å². The number of hydrogen-bond donors (Lipinski definition) is 0. The molecule has 0 bridgehead atoms. The SMILES string of the molecule is Cc1cc(C)c2nc(N(CCCN(C)C)C(=O)CSc3ccc(F)cc3)sc2c1. The van der Waals surface area contributed by atoms with Crippen molar-refractivity contribution in [3.8, 4) is 0 Å². The topological polar surface area (TPSA) is 36.4 Å². The molecule has 0 saturated heterocycles. The summed E-state index contributed by atoms with van der Waals surface area (Å²) in [4.78, 5) is 22.7. The van der Waals surface area contributed by atoms with Crippen LogP contribution in [-0.4, -0.2) is 48.7 Å². The number of anilines is 1. The Bertz CT molecular complexity index is 986. The third-order valence-electron chi connectivity index (χ3n) is 4.51. The van der Waals surface area contributed by atoms with Crippen molar-refractivity contribution in [1.29, 1.82) is 0 Å². The van der Waals surface area contributed by atoms with Gasteiger partial charge in [0.15, 0.2) is 5.13 Å². The quantitative estimate of drug-likeness (QED) is 0.463. The van der Waals surface area contributed by atoms with Crippen LogP contribution in [0.1, 0.15) is 17.5 Å². The number of thioether (sulfide) groups is 1. The zero-order chi connectivity index (χ0) is 21.0. The maximum atomic E-state index is 13.1. The van der Waals surface area contributed by atoms with Gasteiger partial charge in [-0.05, 0) is 82.4 Å². The summed E-state index contributed by atoms with van der Waals surface area (Å²) in [6.45, 7) is 5.66. The van der Waals surface area contributed by atoms with Gasteiger partial charge in [-0.15, -0.1) is 11.8 Å². The standard InChI is InChI=1S/C22H26FN3OS2/c1-15-12-16(2)21-19(13-15)29-22(24-21)26(11-5-10-25(3)4)20(27)14-28-18-8-6-17(23)7-9-18/h6-9,12-13H,5,10-11,14H2,1-4H3. The number of carbonyl (C=O) groups excluding carboxylic acids is 1. The Morgan fingerprint density at radius 2 is 1.86 bits per heavy atom. The molecular formula is C22H26FN3OS2. The Hall–Kier alpha value is -1.96. The Labute approximate surface area is 179 Å². The Kier molecular flexibility index (Phi) is 7.27. The van der Waals surface area contributed by atoms with E-state index in [-0.39, 0.29) is 11.7 Å². The first-order valence-corrected chi connectivity index (χ1v) is 11.3. The number of thiazole rings is 1. The van der Waals surface area contributed by atoms with Gasteiger partial charge < -0.3 is 4.90 Å². The molecule has 154 valence electrons. The highest BCUT2D eigenvalue weighted by Crippen LogP contribution is 2.32. The van der Waals surface area contributed by atoms with Crippen molar-refractivity contribution in [2.75, 3.05) is 37.8 Å². The molecule has 3 aromatic rings. The number of benzene rings is 2. The van der Waals surface area contributed by atoms with Crippen molar-refractivity contribution < 1.29 is 9.18 Å². The Morgan fingerprint density at radius 1 is 1.14 bits per heavy atom. The van der Waals surface area contributed by atoms with E-state index in [0.29, 0.717) is 12.3 Å². The van der Waals surface area contributed by atoms with E-state index in [4.69, 9.17) is 4.98 Å². The highest BCUT2D eigenvalue weighted by molar-refractivity contribution is 8.00. The van der Waals surface area contributed by atoms with E-state index < -0.39 is 0 Å². The van der Waals surface area contributed by atoms with Crippen LogP contribution in [0.4, 0.5) is 9.52 Å². The normalized spacial score (nSPS) is 11.4. The number of halogens is 1. The Balaban J connectivity index is 1.80. The van der Waals surface area contributed by atoms with Gasteiger partial charge in [0, 0.05) is 11.4 Å². The van der Waals surface area contributed by atoms with Crippen LogP contribution in [-0.2, 0) is 4.79 Å². The predicted octanol–water partition coefficient (Wildman–Crippen LogP) is 5.13. The van der Waals surface area contributed by atoms with E-state index >= 15 is 0 Å². The van der Waals surface area contributed by atoms with E-state index in [1.54, 1.807) is 28.4 Å². The minimum Gasteiger partial charge on any atom is -0.309 e. The number of aromatic nitrogens is 1. The molecule has 1 heterocycles. The fourth-order valence-electron chi connectivity index (χ4n) is 3.10. The summed E-state index contributed by atoms with van der Waals surface area (Å²) >= 11 is 2.99. The first-order valence-electron chi connectivity index (χ1n) is 9.55. The summed E-state index contributed by atoms with van der Waals surface area (Å²) in [5, 5.41) is 0.747. The van der Waals surface area contributed by atoms with Gasteiger partial charge in [0.2, 0.25) is 5.91 Å². The van der Waals surface area contributed by atoms with Gasteiger partial charge >= 0.3 is 0 Å². The molecule has 1 aromatic heterocycles. The molecule has 0 aliphatic rings. The van der Waals surface area contributed by atoms with Crippen molar-refractivity contribution in [2.24, 2.45) is 0 Å². The first kappa shape index (κ1) is 21.7. The van der Waals surface area contributed by atoms with Crippen LogP contribution in [0.3, 0.4) is 0 Å². The third kappa shape index (κ3) is 5.78. The molecule has 2 aromatic carbocycles. The summed E-state index contributed by atoms with van der Waals surface area (Å²) in [6, 6.07) is 10.5. The van der Waals surface area contributed by atoms with Crippen LogP contribution >= 0.6 is 23.1 Å². The van der Waals surface area contributed by atoms with Crippen molar-refractivity contribution in [2.45, 2.75) is 25.2 Å². The second-order valence-corrected chi connectivity index (χ2v) is 9.43. The number of nitrogens with zero attached hydrogens (tertiary/aromatic N) is 3. The summed E-state index contributed by atoms with van der Waals surface area (Å²) in [5.74, 6) is 0.0410. The zero-order valence-electron chi connectivity index (χ0n) is 17.2. The fourth-order valence-corrected chi connectivity index (χ4v) is 5.06. The molecule has 3 rings (SSSR count). The number of rotatable bonds is 8. The second-order valence-electron chi connectivity index (χ2n) is 7.37. The molecule has 0 unspecified atom stereocenters. The number of fused-ring (bicyclic) bond motifs is 1. The average Bonchev–Trinajstić information content (AvgIpc) is 3.08. The molecule has 4 nitrogen and oxygen atoms in total. The van der Waals surface area contributed by atoms with Crippen molar-refractivity contribution in [3.63, 3.8) is 0 Å². The molecule has 0 fully saturated rings. The second kappa shape index (κ2) is 9.69. The van der Waals surface area contributed by atoms with Crippen LogP contribution in [0.15, 0.2) is 41.3 Å². The van der Waals surface area contributed by atoms with Crippen LogP contribution in [0.5, 0.6) is 0 Å². The van der Waals surface area contributed by atoms with Gasteiger partial charge in [-0.2, -0.15) is 0 Å². The van der Waals surface area contributed by atoms with Gasteiger partial charge in [-0.1, -0.05) is 17.4 Å². The first-order chi connectivity index (χ1) is 13.8. The number of aryl methyl sites for hydroxylation is 2. The maximum Gasteiger partial charge on any atom is 0.239 e. The van der Waals surface area contributed by atoms with Crippen molar-refractivity contribution >= 4 is 44.4 Å². The van der Waals surface area contributed by atoms with Gasteiger partial charge in [-0.3, -0.25) is 9.69 Å². The van der Waals surface area contributed by atoms with E-state index in [2.05, 4.69) is 30.9 Å². The molecule has 0 aliphatic carbocycles. The molecule has 0 saturated carbocycles. The van der Waals surface area contributed by atoms with Crippen LogP contribution in [0.2, 0.25) is 0 Å². The predicted molar refractivity (Wildman–Crippen MR) is 122 cm³/mol. The van der Waals surface area contributed by atoms with Crippen molar-refractivity contribution in [3.05, 3.63) is 53.3 Å². The van der Waals surface area contributed by atoms with Gasteiger partial charge in [0.25, 0.3) is 0 Å². The number of hydrogen-bond acceptors (Lipinski definition) is 5. The number of carbonyl (C=O) groups is 1. The summed E-state index contributed by atoms with van der Waals surface area (Å²) < 4.78 is 14.2. The van der Waals surface area contributed by atoms with Gasteiger partial charge in [-0.25, -0.2) is 9.37 Å². The molecule has 1 amide bonds. The average molecular weight is 432 g/mol. The molecule has 0 spiro atoms. The molecule has 0 atom stereocenters. The molecule has 0 N–H and O–H groups in total. The van der Waals surface area contributed by atoms with E-state index in [0.717, 1.165) is 38.8 Å². The minimum atomic E-state index is -0.272. The molecular weight excluding hydrogens is 405 g/mol. The van der Waals surface area contributed by atoms with Crippen LogP contribution in [0.25, 0.3) is 10.2 Å². The highest BCUT2D eigenvalue weighted by Gasteiger charge is 2.20. The lowest BCUT2D eigenvalue weighted by molar-refractivity contribution is -0.116. The molecule has 29 heavy (non-hydrogen) atoms. The van der Waals surface area contributed by atoms with Gasteiger partial charge in [0.1, 0.15) is 5.82 Å². The van der Waals surface area contributed by atoms with Crippen molar-refractivity contribution in [1.82, 2.24) is 9.88 Å². The Morgan fingerprint density at radius 3 is 2.55 bits per heavy atom. The van der Waals surface area contributed by atoms with Crippen LogP contribution < -0.4 is 4.90 Å². The summed E-state index contributed by atoms with van der Waals surface area (Å²) in [7, 11) is 4.06. The lowest BCUT2D eigenvalue weighted by Gasteiger charge is -2.21. The third-order valence-corrected chi connectivity index (χ3v) is 6.54. The maximum absolute atomic E-state index is 13.1. The smallest absolute Gasteiger partial charge is 0.239 e. The number of amides is 1. The fraction of sp³-hybridized carbons (Fsp3) is 0.364. The summed E-state index contributed by atoms with van der Waals surface area (Å²) in [6.07, 6.45) is 0.869. The largest absolute Gasteiger partial charge is 0.309 e. The van der Waals surface area contributed by atoms with E-state index in [1.807, 2.05) is 14.1 Å². The van der Waals surface area contributed by atoms with Gasteiger partial charge in [0.05, 0.1) is 16.0 Å². The van der Waals surface area contributed by atoms with E-state index in [1.165, 1.54) is 29.5 Å². The molecule has 0 aliphatic heterocycles. The van der Waals surface area contributed by atoms with E-state index in [9.17, 15) is 9.18 Å². The minimum absolute atomic E-state index is 0.0199. The summed E-state index contributed by atoms with van der Waals surface area (Å²) in [5.41, 5.74) is 3.29. The lowest BCUT2D eigenvalue weighted by atomic mass is 10.1. The monoisotopic (exact) mass is 431 g/mol. The molecule has 0 radical (unpaired) electrons. The molecule has 7 heteroatoms. The highest BCUT2D eigenvalue weighted by atomic mass is 32.2. The lowest BCUT2D eigenvalue weighted by Crippen LogP contribution is -2.34.